The average molecular weight is 319 g/mol. The maximum atomic E-state index is 12.1. The molecule has 2 heterocycles. The highest BCUT2D eigenvalue weighted by atomic mass is 35.5. The lowest BCUT2D eigenvalue weighted by Gasteiger charge is -2.21. The van der Waals surface area contributed by atoms with Crippen LogP contribution < -0.4 is 15.8 Å². The molecule has 1 aromatic carbocycles. The first kappa shape index (κ1) is 14.6. The number of carbonyl (C=O) groups is 1. The molecule has 2 N–H and O–H groups in total. The van der Waals surface area contributed by atoms with Crippen molar-refractivity contribution in [3.05, 3.63) is 56.5 Å². The van der Waals surface area contributed by atoms with Crippen LogP contribution in [-0.2, 0) is 13.0 Å². The van der Waals surface area contributed by atoms with Crippen molar-refractivity contribution in [1.29, 1.82) is 0 Å². The second-order valence-electron chi connectivity index (χ2n) is 5.21. The topological polar surface area (TPSA) is 78.1 Å². The SMILES string of the molecule is CN(Cc1cccc(Cl)c1)c1nc2c(c(=O)[nH]1)CCNC2=O. The van der Waals surface area contributed by atoms with Crippen LogP contribution in [0.2, 0.25) is 5.02 Å². The molecule has 0 saturated carbocycles. The number of rotatable bonds is 3. The number of fused-ring (bicyclic) bond motifs is 1. The molecule has 0 radical (unpaired) electrons. The van der Waals surface area contributed by atoms with Gasteiger partial charge in [0, 0.05) is 25.2 Å². The Morgan fingerprint density at radius 3 is 2.95 bits per heavy atom. The van der Waals surface area contributed by atoms with Gasteiger partial charge in [-0.15, -0.1) is 0 Å². The van der Waals surface area contributed by atoms with Gasteiger partial charge in [-0.2, -0.15) is 0 Å². The van der Waals surface area contributed by atoms with Gasteiger partial charge in [0.05, 0.1) is 5.56 Å². The molecule has 22 heavy (non-hydrogen) atoms. The maximum Gasteiger partial charge on any atom is 0.270 e. The van der Waals surface area contributed by atoms with Crippen molar-refractivity contribution in [3.8, 4) is 0 Å². The molecule has 0 unspecified atom stereocenters. The van der Waals surface area contributed by atoms with E-state index in [1.807, 2.05) is 18.2 Å². The zero-order valence-electron chi connectivity index (χ0n) is 12.0. The summed E-state index contributed by atoms with van der Waals surface area (Å²) in [6.07, 6.45) is 0.502. The largest absolute Gasteiger partial charge is 0.350 e. The zero-order valence-corrected chi connectivity index (χ0v) is 12.8. The quantitative estimate of drug-likeness (QED) is 0.895. The van der Waals surface area contributed by atoms with Crippen LogP contribution in [0.4, 0.5) is 5.95 Å². The van der Waals surface area contributed by atoms with E-state index in [1.54, 1.807) is 18.0 Å². The third-order valence-electron chi connectivity index (χ3n) is 3.55. The lowest BCUT2D eigenvalue weighted by molar-refractivity contribution is 0.0940. The van der Waals surface area contributed by atoms with Crippen LogP contribution in [0.5, 0.6) is 0 Å². The van der Waals surface area contributed by atoms with E-state index in [0.717, 1.165) is 5.56 Å². The molecular weight excluding hydrogens is 304 g/mol. The van der Waals surface area contributed by atoms with Crippen molar-refractivity contribution in [2.24, 2.45) is 0 Å². The van der Waals surface area contributed by atoms with Crippen molar-refractivity contribution < 1.29 is 4.79 Å². The molecule has 7 heteroatoms. The number of halogens is 1. The summed E-state index contributed by atoms with van der Waals surface area (Å²) in [5.41, 5.74) is 1.39. The monoisotopic (exact) mass is 318 g/mol. The summed E-state index contributed by atoms with van der Waals surface area (Å²) >= 11 is 5.97. The number of H-pyrrole nitrogens is 1. The van der Waals surface area contributed by atoms with E-state index >= 15 is 0 Å². The number of aromatic nitrogens is 2. The molecule has 0 aliphatic carbocycles. The molecule has 0 fully saturated rings. The summed E-state index contributed by atoms with van der Waals surface area (Å²) in [7, 11) is 1.80. The van der Waals surface area contributed by atoms with E-state index in [2.05, 4.69) is 15.3 Å². The summed E-state index contributed by atoms with van der Waals surface area (Å²) in [6, 6.07) is 7.45. The summed E-state index contributed by atoms with van der Waals surface area (Å²) in [5, 5.41) is 3.35. The Morgan fingerprint density at radius 1 is 1.36 bits per heavy atom. The molecule has 0 bridgehead atoms. The van der Waals surface area contributed by atoms with E-state index in [-0.39, 0.29) is 17.2 Å². The van der Waals surface area contributed by atoms with Gasteiger partial charge in [-0.05, 0) is 24.1 Å². The molecule has 1 aliphatic heterocycles. The Labute approximate surface area is 132 Å². The van der Waals surface area contributed by atoms with Crippen LogP contribution >= 0.6 is 11.6 Å². The Kier molecular flexibility index (Phi) is 3.85. The summed E-state index contributed by atoms with van der Waals surface area (Å²) < 4.78 is 0. The average Bonchev–Trinajstić information content (AvgIpc) is 2.48. The van der Waals surface area contributed by atoms with Gasteiger partial charge >= 0.3 is 0 Å². The Bertz CT molecular complexity index is 787. The van der Waals surface area contributed by atoms with E-state index in [9.17, 15) is 9.59 Å². The second-order valence-corrected chi connectivity index (χ2v) is 5.65. The number of anilines is 1. The minimum absolute atomic E-state index is 0.211. The minimum atomic E-state index is -0.301. The van der Waals surface area contributed by atoms with Gasteiger partial charge in [0.2, 0.25) is 5.95 Å². The lowest BCUT2D eigenvalue weighted by atomic mass is 10.1. The van der Waals surface area contributed by atoms with Gasteiger partial charge in [0.1, 0.15) is 5.69 Å². The van der Waals surface area contributed by atoms with E-state index in [4.69, 9.17) is 11.6 Å². The molecule has 0 saturated heterocycles. The normalized spacial score (nSPS) is 13.5. The Balaban J connectivity index is 1.91. The first-order valence-electron chi connectivity index (χ1n) is 6.91. The predicted molar refractivity (Wildman–Crippen MR) is 84.5 cm³/mol. The van der Waals surface area contributed by atoms with Crippen LogP contribution in [-0.4, -0.2) is 29.5 Å². The smallest absolute Gasteiger partial charge is 0.270 e. The first-order valence-corrected chi connectivity index (χ1v) is 7.29. The van der Waals surface area contributed by atoms with Gasteiger partial charge in [-0.3, -0.25) is 14.6 Å². The fourth-order valence-electron chi connectivity index (χ4n) is 2.46. The number of hydrogen-bond donors (Lipinski definition) is 2. The predicted octanol–water partition coefficient (Wildman–Crippen LogP) is 1.35. The molecule has 114 valence electrons. The van der Waals surface area contributed by atoms with Crippen LogP contribution in [0.1, 0.15) is 21.6 Å². The number of carbonyl (C=O) groups excluding carboxylic acids is 1. The van der Waals surface area contributed by atoms with E-state index in [0.29, 0.717) is 36.0 Å². The molecule has 0 atom stereocenters. The molecule has 6 nitrogen and oxygen atoms in total. The maximum absolute atomic E-state index is 12.1. The van der Waals surface area contributed by atoms with E-state index < -0.39 is 0 Å². The first-order chi connectivity index (χ1) is 10.5. The number of nitrogens with one attached hydrogen (secondary N) is 2. The zero-order chi connectivity index (χ0) is 15.7. The number of aromatic amines is 1. The third kappa shape index (κ3) is 2.82. The second kappa shape index (κ2) is 5.81. The number of amides is 1. The molecule has 1 amide bonds. The highest BCUT2D eigenvalue weighted by Crippen LogP contribution is 2.16. The van der Waals surface area contributed by atoms with Crippen LogP contribution in [0, 0.1) is 0 Å². The lowest BCUT2D eigenvalue weighted by Crippen LogP contribution is -2.38. The van der Waals surface area contributed by atoms with Gasteiger partial charge in [-0.1, -0.05) is 23.7 Å². The molecule has 1 aromatic heterocycles. The van der Waals surface area contributed by atoms with Crippen LogP contribution in [0.15, 0.2) is 29.1 Å². The van der Waals surface area contributed by atoms with Gasteiger partial charge in [-0.25, -0.2) is 4.98 Å². The number of benzene rings is 1. The fraction of sp³-hybridized carbons (Fsp3) is 0.267. The van der Waals surface area contributed by atoms with Gasteiger partial charge in [0.15, 0.2) is 0 Å². The molecule has 0 spiro atoms. The summed E-state index contributed by atoms with van der Waals surface area (Å²) in [4.78, 5) is 32.8. The molecule has 3 rings (SSSR count). The van der Waals surface area contributed by atoms with Crippen LogP contribution in [0.25, 0.3) is 0 Å². The highest BCUT2D eigenvalue weighted by molar-refractivity contribution is 6.30. The van der Waals surface area contributed by atoms with Gasteiger partial charge in [0.25, 0.3) is 11.5 Å². The summed E-state index contributed by atoms with van der Waals surface area (Å²) in [6.45, 7) is 0.984. The molecule has 2 aromatic rings. The molecular formula is C15H15ClN4O2. The Hall–Kier alpha value is -2.34. The number of hydrogen-bond acceptors (Lipinski definition) is 4. The van der Waals surface area contributed by atoms with Crippen molar-refractivity contribution in [1.82, 2.24) is 15.3 Å². The minimum Gasteiger partial charge on any atom is -0.350 e. The standard InChI is InChI=1S/C15H15ClN4O2/c1-20(8-9-3-2-4-10(16)7-9)15-18-12-11(13(21)19-15)5-6-17-14(12)22/h2-4,7H,5-6,8H2,1H3,(H,17,22)(H,18,19,21). The van der Waals surface area contributed by atoms with Crippen molar-refractivity contribution in [2.45, 2.75) is 13.0 Å². The van der Waals surface area contributed by atoms with Crippen molar-refractivity contribution in [2.75, 3.05) is 18.5 Å². The van der Waals surface area contributed by atoms with Crippen molar-refractivity contribution >= 4 is 23.5 Å². The summed E-state index contributed by atoms with van der Waals surface area (Å²) in [5.74, 6) is 0.0607. The van der Waals surface area contributed by atoms with Crippen LogP contribution in [0.3, 0.4) is 0 Å². The van der Waals surface area contributed by atoms with Gasteiger partial charge < -0.3 is 10.2 Å². The highest BCUT2D eigenvalue weighted by Gasteiger charge is 2.23. The fourth-order valence-corrected chi connectivity index (χ4v) is 2.67. The third-order valence-corrected chi connectivity index (χ3v) is 3.78. The van der Waals surface area contributed by atoms with E-state index in [1.165, 1.54) is 0 Å². The van der Waals surface area contributed by atoms with Crippen molar-refractivity contribution in [3.63, 3.8) is 0 Å². The molecule has 1 aliphatic rings. The Morgan fingerprint density at radius 2 is 2.18 bits per heavy atom. The number of nitrogens with zero attached hydrogens (tertiary/aromatic N) is 2.